The van der Waals surface area contributed by atoms with E-state index in [0.717, 1.165) is 11.8 Å². The Balaban J connectivity index is 1.95. The van der Waals surface area contributed by atoms with Crippen molar-refractivity contribution in [2.45, 2.75) is 11.7 Å². The monoisotopic (exact) mass is 337 g/mol. The summed E-state index contributed by atoms with van der Waals surface area (Å²) in [4.78, 5) is 14.9. The lowest BCUT2D eigenvalue weighted by Gasteiger charge is -2.08. The van der Waals surface area contributed by atoms with Crippen molar-refractivity contribution in [3.8, 4) is 0 Å². The van der Waals surface area contributed by atoms with E-state index in [9.17, 15) is 8.42 Å². The van der Waals surface area contributed by atoms with Crippen molar-refractivity contribution in [1.82, 2.24) is 19.9 Å². The SMILES string of the molecule is CS(=O)(=O)c1nc(NCc2ccc(Cl)cc2)c2[nH]cnc2n1. The minimum atomic E-state index is -3.52. The van der Waals surface area contributed by atoms with Gasteiger partial charge in [0.05, 0.1) is 6.33 Å². The predicted octanol–water partition coefficient (Wildman–Crippen LogP) is 2.02. The van der Waals surface area contributed by atoms with Crippen LogP contribution >= 0.6 is 11.6 Å². The number of benzene rings is 1. The number of aromatic nitrogens is 4. The first-order valence-corrected chi connectivity index (χ1v) is 8.60. The Morgan fingerprint density at radius 1 is 1.23 bits per heavy atom. The van der Waals surface area contributed by atoms with Gasteiger partial charge < -0.3 is 10.3 Å². The summed E-state index contributed by atoms with van der Waals surface area (Å²) in [5.74, 6) is 0.387. The zero-order chi connectivity index (χ0) is 15.7. The molecule has 0 aliphatic rings. The second-order valence-electron chi connectivity index (χ2n) is 4.71. The van der Waals surface area contributed by atoms with Gasteiger partial charge in [-0.1, -0.05) is 23.7 Å². The molecule has 2 N–H and O–H groups in total. The normalized spacial score (nSPS) is 11.7. The second-order valence-corrected chi connectivity index (χ2v) is 7.05. The maximum atomic E-state index is 11.7. The third kappa shape index (κ3) is 3.02. The smallest absolute Gasteiger partial charge is 0.250 e. The van der Waals surface area contributed by atoms with Gasteiger partial charge in [-0.3, -0.25) is 0 Å². The number of nitrogens with zero attached hydrogens (tertiary/aromatic N) is 3. The van der Waals surface area contributed by atoms with E-state index in [2.05, 4.69) is 25.3 Å². The number of imidazole rings is 1. The van der Waals surface area contributed by atoms with Crippen LogP contribution < -0.4 is 5.32 Å². The highest BCUT2D eigenvalue weighted by Crippen LogP contribution is 2.19. The van der Waals surface area contributed by atoms with E-state index in [1.165, 1.54) is 6.33 Å². The molecular formula is C13H12ClN5O2S. The molecule has 0 aliphatic heterocycles. The highest BCUT2D eigenvalue weighted by Gasteiger charge is 2.16. The Morgan fingerprint density at radius 2 is 1.95 bits per heavy atom. The predicted molar refractivity (Wildman–Crippen MR) is 83.6 cm³/mol. The van der Waals surface area contributed by atoms with Gasteiger partial charge in [-0.25, -0.2) is 13.4 Å². The van der Waals surface area contributed by atoms with E-state index in [0.29, 0.717) is 28.5 Å². The van der Waals surface area contributed by atoms with E-state index in [1.807, 2.05) is 12.1 Å². The van der Waals surface area contributed by atoms with Crippen molar-refractivity contribution in [1.29, 1.82) is 0 Å². The summed E-state index contributed by atoms with van der Waals surface area (Å²) in [7, 11) is -3.52. The molecule has 0 amide bonds. The lowest BCUT2D eigenvalue weighted by Crippen LogP contribution is -2.09. The summed E-state index contributed by atoms with van der Waals surface area (Å²) >= 11 is 5.84. The number of H-pyrrole nitrogens is 1. The van der Waals surface area contributed by atoms with Crippen LogP contribution in [-0.2, 0) is 16.4 Å². The van der Waals surface area contributed by atoms with Gasteiger partial charge in [0.2, 0.25) is 9.84 Å². The Kier molecular flexibility index (Phi) is 3.71. The molecule has 3 aromatic rings. The number of halogens is 1. The molecule has 0 bridgehead atoms. The summed E-state index contributed by atoms with van der Waals surface area (Å²) in [5.41, 5.74) is 1.84. The maximum Gasteiger partial charge on any atom is 0.250 e. The quantitative estimate of drug-likeness (QED) is 0.706. The molecule has 0 spiro atoms. The Bertz CT molecular complexity index is 921. The zero-order valence-corrected chi connectivity index (χ0v) is 13.1. The fourth-order valence-electron chi connectivity index (χ4n) is 1.90. The molecule has 0 unspecified atom stereocenters. The number of fused-ring (bicyclic) bond motifs is 1. The lowest BCUT2D eigenvalue weighted by molar-refractivity contribution is 0.594. The largest absolute Gasteiger partial charge is 0.364 e. The number of sulfone groups is 1. The molecule has 0 atom stereocenters. The van der Waals surface area contributed by atoms with E-state index in [1.54, 1.807) is 12.1 Å². The number of rotatable bonds is 4. The third-order valence-corrected chi connectivity index (χ3v) is 4.07. The molecule has 7 nitrogen and oxygen atoms in total. The van der Waals surface area contributed by atoms with Crippen LogP contribution in [0.1, 0.15) is 5.56 Å². The summed E-state index contributed by atoms with van der Waals surface area (Å²) in [6, 6.07) is 7.31. The van der Waals surface area contributed by atoms with Gasteiger partial charge in [-0.2, -0.15) is 9.97 Å². The molecule has 0 radical (unpaired) electrons. The van der Waals surface area contributed by atoms with Crippen molar-refractivity contribution in [2.24, 2.45) is 0 Å². The van der Waals surface area contributed by atoms with Gasteiger partial charge >= 0.3 is 0 Å². The van der Waals surface area contributed by atoms with Gasteiger partial charge in [0.15, 0.2) is 11.5 Å². The van der Waals surface area contributed by atoms with Gasteiger partial charge in [0, 0.05) is 17.8 Å². The Morgan fingerprint density at radius 3 is 2.64 bits per heavy atom. The highest BCUT2D eigenvalue weighted by molar-refractivity contribution is 7.90. The van der Waals surface area contributed by atoms with Crippen LogP contribution in [0.4, 0.5) is 5.82 Å². The van der Waals surface area contributed by atoms with Crippen molar-refractivity contribution < 1.29 is 8.42 Å². The van der Waals surface area contributed by atoms with Crippen LogP contribution in [-0.4, -0.2) is 34.6 Å². The van der Waals surface area contributed by atoms with Gasteiger partial charge in [0.25, 0.3) is 5.16 Å². The van der Waals surface area contributed by atoms with Crippen LogP contribution in [0.3, 0.4) is 0 Å². The summed E-state index contributed by atoms with van der Waals surface area (Å²) in [5, 5.41) is 3.49. The fourth-order valence-corrected chi connectivity index (χ4v) is 2.53. The molecule has 0 aliphatic carbocycles. The lowest BCUT2D eigenvalue weighted by atomic mass is 10.2. The number of hydrogen-bond donors (Lipinski definition) is 2. The first kappa shape index (κ1) is 14.7. The minimum Gasteiger partial charge on any atom is -0.364 e. The van der Waals surface area contributed by atoms with Crippen molar-refractivity contribution >= 4 is 38.4 Å². The first-order valence-electron chi connectivity index (χ1n) is 6.33. The molecule has 3 rings (SSSR count). The van der Waals surface area contributed by atoms with Crippen molar-refractivity contribution in [3.05, 3.63) is 41.2 Å². The fraction of sp³-hybridized carbons (Fsp3) is 0.154. The van der Waals surface area contributed by atoms with Gasteiger partial charge in [-0.05, 0) is 17.7 Å². The van der Waals surface area contributed by atoms with Crippen LogP contribution in [0.15, 0.2) is 35.7 Å². The first-order chi connectivity index (χ1) is 10.4. The highest BCUT2D eigenvalue weighted by atomic mass is 35.5. The average molecular weight is 338 g/mol. The van der Waals surface area contributed by atoms with Crippen LogP contribution in [0, 0.1) is 0 Å². The van der Waals surface area contributed by atoms with E-state index in [-0.39, 0.29) is 5.16 Å². The van der Waals surface area contributed by atoms with Gasteiger partial charge in [0.1, 0.15) is 5.52 Å². The topological polar surface area (TPSA) is 101 Å². The molecule has 0 saturated carbocycles. The number of anilines is 1. The zero-order valence-electron chi connectivity index (χ0n) is 11.5. The summed E-state index contributed by atoms with van der Waals surface area (Å²) in [6.07, 6.45) is 2.50. The molecule has 22 heavy (non-hydrogen) atoms. The molecular weight excluding hydrogens is 326 g/mol. The van der Waals surface area contributed by atoms with Crippen molar-refractivity contribution in [3.63, 3.8) is 0 Å². The molecule has 2 heterocycles. The number of aromatic amines is 1. The van der Waals surface area contributed by atoms with Crippen molar-refractivity contribution in [2.75, 3.05) is 11.6 Å². The number of hydrogen-bond acceptors (Lipinski definition) is 6. The molecule has 0 fully saturated rings. The van der Waals surface area contributed by atoms with E-state index < -0.39 is 9.84 Å². The summed E-state index contributed by atoms with van der Waals surface area (Å²) in [6.45, 7) is 0.464. The van der Waals surface area contributed by atoms with Crippen LogP contribution in [0.2, 0.25) is 5.02 Å². The van der Waals surface area contributed by atoms with E-state index >= 15 is 0 Å². The Hall–Kier alpha value is -2.19. The van der Waals surface area contributed by atoms with Crippen LogP contribution in [0.5, 0.6) is 0 Å². The molecule has 9 heteroatoms. The molecule has 0 saturated heterocycles. The number of nitrogens with one attached hydrogen (secondary N) is 2. The average Bonchev–Trinajstić information content (AvgIpc) is 2.94. The molecule has 114 valence electrons. The molecule has 1 aromatic carbocycles. The van der Waals surface area contributed by atoms with Crippen LogP contribution in [0.25, 0.3) is 11.2 Å². The second kappa shape index (κ2) is 5.54. The minimum absolute atomic E-state index is 0.259. The molecule has 2 aromatic heterocycles. The van der Waals surface area contributed by atoms with Gasteiger partial charge in [-0.15, -0.1) is 0 Å². The Labute approximate surface area is 131 Å². The summed E-state index contributed by atoms with van der Waals surface area (Å²) < 4.78 is 23.3. The maximum absolute atomic E-state index is 11.7. The standard InChI is InChI=1S/C13H12ClN5O2S/c1-22(20,21)13-18-11(10-12(19-13)17-7-16-10)15-6-8-2-4-9(14)5-3-8/h2-5,7H,6H2,1H3,(H2,15,16,17,18,19). The van der Waals surface area contributed by atoms with E-state index in [4.69, 9.17) is 11.6 Å². The third-order valence-electron chi connectivity index (χ3n) is 2.97.